The van der Waals surface area contributed by atoms with Gasteiger partial charge < -0.3 is 19.9 Å². The number of amides is 2. The zero-order valence-electron chi connectivity index (χ0n) is 20.4. The van der Waals surface area contributed by atoms with Gasteiger partial charge in [-0.1, -0.05) is 49.9 Å². The zero-order valence-corrected chi connectivity index (χ0v) is 21.2. The maximum Gasteiger partial charge on any atom is 0.337 e. The number of hydrogen-bond acceptors (Lipinski definition) is 7. The fraction of sp³-hybridized carbons (Fsp3) is 0.269. The summed E-state index contributed by atoms with van der Waals surface area (Å²) in [5.41, 5.74) is 1.52. The van der Waals surface area contributed by atoms with Gasteiger partial charge in [0.2, 0.25) is 5.91 Å². The summed E-state index contributed by atoms with van der Waals surface area (Å²) < 4.78 is 6.53. The molecule has 1 aromatic heterocycles. The number of rotatable bonds is 11. The van der Waals surface area contributed by atoms with Crippen LogP contribution in [0.1, 0.15) is 46.4 Å². The Hall–Kier alpha value is -3.92. The van der Waals surface area contributed by atoms with Crippen molar-refractivity contribution in [3.05, 3.63) is 84.2 Å². The lowest BCUT2D eigenvalue weighted by atomic mass is 10.0. The summed E-state index contributed by atoms with van der Waals surface area (Å²) in [6, 6.07) is 15.0. The molecule has 2 amide bonds. The number of thioether (sulfide) groups is 1. The summed E-state index contributed by atoms with van der Waals surface area (Å²) in [5.74, 6) is -0.153. The third-order valence-corrected chi connectivity index (χ3v) is 6.21. The Morgan fingerprint density at radius 3 is 2.36 bits per heavy atom. The van der Waals surface area contributed by atoms with E-state index in [-0.39, 0.29) is 29.5 Å². The molecule has 10 heteroatoms. The van der Waals surface area contributed by atoms with Gasteiger partial charge >= 0.3 is 5.97 Å². The SMILES string of the molecule is C=CCn1c(SCC(=O)Nc2ccc(C(=O)OC)cc2)nnc1[C@H](NC(=O)c1ccccc1)C(C)C. The van der Waals surface area contributed by atoms with Crippen LogP contribution in [0.25, 0.3) is 0 Å². The van der Waals surface area contributed by atoms with Crippen LogP contribution in [-0.4, -0.2) is 45.4 Å². The van der Waals surface area contributed by atoms with E-state index in [2.05, 4.69) is 32.1 Å². The van der Waals surface area contributed by atoms with Crippen LogP contribution in [0.3, 0.4) is 0 Å². The molecule has 0 bridgehead atoms. The summed E-state index contributed by atoms with van der Waals surface area (Å²) in [7, 11) is 1.31. The number of anilines is 1. The van der Waals surface area contributed by atoms with Gasteiger partial charge in [-0.05, 0) is 42.3 Å². The highest BCUT2D eigenvalue weighted by Crippen LogP contribution is 2.26. The molecule has 1 heterocycles. The smallest absolute Gasteiger partial charge is 0.337 e. The Balaban J connectivity index is 1.70. The minimum atomic E-state index is -0.444. The molecule has 0 unspecified atom stereocenters. The van der Waals surface area contributed by atoms with Crippen LogP contribution in [0.4, 0.5) is 5.69 Å². The summed E-state index contributed by atoms with van der Waals surface area (Å²) >= 11 is 1.23. The second-order valence-corrected chi connectivity index (χ2v) is 9.15. The van der Waals surface area contributed by atoms with Crippen molar-refractivity contribution < 1.29 is 19.1 Å². The van der Waals surface area contributed by atoms with Crippen LogP contribution in [-0.2, 0) is 16.1 Å². The molecule has 36 heavy (non-hydrogen) atoms. The molecule has 0 aliphatic carbocycles. The van der Waals surface area contributed by atoms with Crippen molar-refractivity contribution in [2.75, 3.05) is 18.2 Å². The monoisotopic (exact) mass is 507 g/mol. The van der Waals surface area contributed by atoms with Gasteiger partial charge in [0.05, 0.1) is 24.5 Å². The van der Waals surface area contributed by atoms with Crippen molar-refractivity contribution >= 4 is 35.2 Å². The van der Waals surface area contributed by atoms with Gasteiger partial charge in [0, 0.05) is 17.8 Å². The first kappa shape index (κ1) is 26.7. The highest BCUT2D eigenvalue weighted by Gasteiger charge is 2.26. The molecule has 0 saturated carbocycles. The molecule has 3 rings (SSSR count). The lowest BCUT2D eigenvalue weighted by Crippen LogP contribution is -2.33. The molecule has 9 nitrogen and oxygen atoms in total. The molecule has 0 spiro atoms. The summed E-state index contributed by atoms with van der Waals surface area (Å²) in [5, 5.41) is 15.0. The van der Waals surface area contributed by atoms with Crippen molar-refractivity contribution in [2.45, 2.75) is 31.6 Å². The van der Waals surface area contributed by atoms with E-state index in [0.29, 0.717) is 34.3 Å². The van der Waals surface area contributed by atoms with E-state index in [1.807, 2.05) is 36.6 Å². The fourth-order valence-electron chi connectivity index (χ4n) is 3.42. The number of carbonyl (C=O) groups excluding carboxylic acids is 3. The number of aromatic nitrogens is 3. The minimum Gasteiger partial charge on any atom is -0.465 e. The van der Waals surface area contributed by atoms with E-state index in [1.165, 1.54) is 18.9 Å². The molecule has 2 aromatic carbocycles. The molecule has 0 radical (unpaired) electrons. The third kappa shape index (κ3) is 6.82. The van der Waals surface area contributed by atoms with E-state index in [0.717, 1.165) is 0 Å². The number of carbonyl (C=O) groups is 3. The molecule has 0 saturated heterocycles. The van der Waals surface area contributed by atoms with Crippen molar-refractivity contribution in [1.82, 2.24) is 20.1 Å². The maximum atomic E-state index is 12.8. The number of methoxy groups -OCH3 is 1. The van der Waals surface area contributed by atoms with Crippen molar-refractivity contribution in [3.63, 3.8) is 0 Å². The molecule has 188 valence electrons. The maximum absolute atomic E-state index is 12.8. The average molecular weight is 508 g/mol. The van der Waals surface area contributed by atoms with Crippen LogP contribution in [0.5, 0.6) is 0 Å². The molecular formula is C26H29N5O4S. The summed E-state index contributed by atoms with van der Waals surface area (Å²) in [6.07, 6.45) is 1.72. The molecule has 1 atom stereocenters. The standard InChI is InChI=1S/C26H29N5O4S/c1-5-15-31-23(22(17(2)3)28-24(33)18-9-7-6-8-10-18)29-30-26(31)36-16-21(32)27-20-13-11-19(12-14-20)25(34)35-4/h5-14,17,22H,1,15-16H2,2-4H3,(H,27,32)(H,28,33)/t22-/m1/s1. The van der Waals surface area contributed by atoms with Crippen LogP contribution in [0.15, 0.2) is 72.4 Å². The van der Waals surface area contributed by atoms with E-state index < -0.39 is 5.97 Å². The summed E-state index contributed by atoms with van der Waals surface area (Å²) in [4.78, 5) is 36.9. The Bertz CT molecular complexity index is 1210. The number of hydrogen-bond donors (Lipinski definition) is 2. The second kappa shape index (κ2) is 12.7. The van der Waals surface area contributed by atoms with Gasteiger partial charge in [0.25, 0.3) is 5.91 Å². The number of benzene rings is 2. The Morgan fingerprint density at radius 1 is 1.06 bits per heavy atom. The predicted octanol–water partition coefficient (Wildman–Crippen LogP) is 4.11. The average Bonchev–Trinajstić information content (AvgIpc) is 3.28. The minimum absolute atomic E-state index is 0.0412. The largest absolute Gasteiger partial charge is 0.465 e. The predicted molar refractivity (Wildman–Crippen MR) is 139 cm³/mol. The van der Waals surface area contributed by atoms with Crippen LogP contribution in [0, 0.1) is 5.92 Å². The van der Waals surface area contributed by atoms with Gasteiger partial charge in [-0.15, -0.1) is 16.8 Å². The second-order valence-electron chi connectivity index (χ2n) is 8.21. The van der Waals surface area contributed by atoms with Crippen molar-refractivity contribution in [1.29, 1.82) is 0 Å². The molecular weight excluding hydrogens is 478 g/mol. The number of ether oxygens (including phenoxy) is 1. The highest BCUT2D eigenvalue weighted by atomic mass is 32.2. The lowest BCUT2D eigenvalue weighted by Gasteiger charge is -2.22. The number of esters is 1. The topological polar surface area (TPSA) is 115 Å². The molecule has 0 aliphatic heterocycles. The van der Waals surface area contributed by atoms with E-state index in [4.69, 9.17) is 0 Å². The van der Waals surface area contributed by atoms with Gasteiger partial charge in [0.1, 0.15) is 0 Å². The highest BCUT2D eigenvalue weighted by molar-refractivity contribution is 7.99. The van der Waals surface area contributed by atoms with E-state index in [9.17, 15) is 14.4 Å². The third-order valence-electron chi connectivity index (χ3n) is 5.25. The first-order valence-electron chi connectivity index (χ1n) is 11.3. The van der Waals surface area contributed by atoms with Crippen molar-refractivity contribution in [2.24, 2.45) is 5.92 Å². The number of nitrogens with zero attached hydrogens (tertiary/aromatic N) is 3. The number of nitrogens with one attached hydrogen (secondary N) is 2. The van der Waals surface area contributed by atoms with Crippen molar-refractivity contribution in [3.8, 4) is 0 Å². The first-order valence-corrected chi connectivity index (χ1v) is 12.3. The lowest BCUT2D eigenvalue weighted by molar-refractivity contribution is -0.113. The zero-order chi connectivity index (χ0) is 26.1. The normalized spacial score (nSPS) is 11.6. The van der Waals surface area contributed by atoms with Gasteiger partial charge in [-0.25, -0.2) is 4.79 Å². The van der Waals surface area contributed by atoms with Gasteiger partial charge in [-0.2, -0.15) is 0 Å². The molecule has 2 N–H and O–H groups in total. The Kier molecular flexibility index (Phi) is 9.40. The van der Waals surface area contributed by atoms with Gasteiger partial charge in [-0.3, -0.25) is 9.59 Å². The van der Waals surface area contributed by atoms with Crippen LogP contribution >= 0.6 is 11.8 Å². The Labute approximate surface area is 214 Å². The molecule has 3 aromatic rings. The van der Waals surface area contributed by atoms with Gasteiger partial charge in [0.15, 0.2) is 11.0 Å². The van der Waals surface area contributed by atoms with E-state index in [1.54, 1.807) is 42.5 Å². The number of allylic oxidation sites excluding steroid dienone is 1. The Morgan fingerprint density at radius 2 is 1.75 bits per heavy atom. The fourth-order valence-corrected chi connectivity index (χ4v) is 4.17. The quantitative estimate of drug-likeness (QED) is 0.228. The van der Waals surface area contributed by atoms with E-state index >= 15 is 0 Å². The molecule has 0 fully saturated rings. The van der Waals surface area contributed by atoms with Crippen LogP contribution in [0.2, 0.25) is 0 Å². The summed E-state index contributed by atoms with van der Waals surface area (Å²) in [6.45, 7) is 8.23. The van der Waals surface area contributed by atoms with Crippen LogP contribution < -0.4 is 10.6 Å². The first-order chi connectivity index (χ1) is 17.3. The molecule has 0 aliphatic rings.